The lowest BCUT2D eigenvalue weighted by Crippen LogP contribution is -2.23. The third-order valence-corrected chi connectivity index (χ3v) is 5.46. The number of carbonyl (C=O) groups is 1. The van der Waals surface area contributed by atoms with Crippen molar-refractivity contribution in [3.8, 4) is 16.8 Å². The third kappa shape index (κ3) is 4.75. The molecule has 0 unspecified atom stereocenters. The fourth-order valence-electron chi connectivity index (χ4n) is 3.69. The van der Waals surface area contributed by atoms with Gasteiger partial charge < -0.3 is 9.88 Å². The Bertz CT molecular complexity index is 1390. The molecule has 168 valence electrons. The molecule has 2 aromatic heterocycles. The molecule has 0 fully saturated rings. The minimum absolute atomic E-state index is 0.186. The molecule has 0 radical (unpaired) electrons. The number of halogens is 1. The number of hydrogen-bond donors (Lipinski definition) is 1. The number of nitrogens with zero attached hydrogens (tertiary/aromatic N) is 5. The number of hydrogen-bond acceptors (Lipinski definition) is 4. The Labute approximate surface area is 195 Å². The van der Waals surface area contributed by atoms with Crippen LogP contribution in [0.4, 0.5) is 4.39 Å². The summed E-state index contributed by atoms with van der Waals surface area (Å²) in [5, 5.41) is 10.8. The lowest BCUT2D eigenvalue weighted by Gasteiger charge is -2.11. The van der Waals surface area contributed by atoms with Gasteiger partial charge in [-0.3, -0.25) is 4.79 Å². The molecule has 7 nitrogen and oxygen atoms in total. The first-order chi connectivity index (χ1) is 16.7. The van der Waals surface area contributed by atoms with Gasteiger partial charge in [0.2, 0.25) is 0 Å². The lowest BCUT2D eigenvalue weighted by molar-refractivity contribution is 0.0946. The molecule has 1 amide bonds. The van der Waals surface area contributed by atoms with Crippen molar-refractivity contribution < 1.29 is 9.18 Å². The summed E-state index contributed by atoms with van der Waals surface area (Å²) >= 11 is 0. The molecule has 34 heavy (non-hydrogen) atoms. The van der Waals surface area contributed by atoms with Crippen molar-refractivity contribution >= 4 is 5.91 Å². The predicted molar refractivity (Wildman–Crippen MR) is 126 cm³/mol. The fraction of sp³-hybridized carbons (Fsp3) is 0.0769. The van der Waals surface area contributed by atoms with Gasteiger partial charge in [0.1, 0.15) is 5.82 Å². The van der Waals surface area contributed by atoms with Crippen LogP contribution in [0, 0.1) is 5.82 Å². The number of amides is 1. The van der Waals surface area contributed by atoms with Gasteiger partial charge in [-0.15, -0.1) is 5.10 Å². The molecular formula is C26H21FN6O. The standard InChI is InChI=1S/C26H21FN6O/c27-22-9-11-23(12-10-22)33-17-25(30-31-33)26(34)29-15-21-3-1-2-4-24(21)20-7-5-19(6-8-20)16-32-14-13-28-18-32/h1-14,17-18H,15-16H2,(H,29,34). The molecule has 0 aliphatic rings. The van der Waals surface area contributed by atoms with E-state index in [9.17, 15) is 9.18 Å². The highest BCUT2D eigenvalue weighted by atomic mass is 19.1. The van der Waals surface area contributed by atoms with E-state index in [1.54, 1.807) is 24.7 Å². The van der Waals surface area contributed by atoms with E-state index in [4.69, 9.17) is 0 Å². The van der Waals surface area contributed by atoms with Crippen LogP contribution < -0.4 is 5.32 Å². The second-order valence-electron chi connectivity index (χ2n) is 7.80. The summed E-state index contributed by atoms with van der Waals surface area (Å²) in [6.07, 6.45) is 7.02. The van der Waals surface area contributed by atoms with Gasteiger partial charge in [-0.25, -0.2) is 14.1 Å². The van der Waals surface area contributed by atoms with Crippen molar-refractivity contribution in [3.05, 3.63) is 120 Å². The van der Waals surface area contributed by atoms with E-state index in [1.165, 1.54) is 28.6 Å². The summed E-state index contributed by atoms with van der Waals surface area (Å²) in [5.41, 5.74) is 5.09. The van der Waals surface area contributed by atoms with Crippen molar-refractivity contribution in [2.24, 2.45) is 0 Å². The SMILES string of the molecule is O=C(NCc1ccccc1-c1ccc(Cn2ccnc2)cc1)c1cn(-c2ccc(F)cc2)nn1. The van der Waals surface area contributed by atoms with Crippen molar-refractivity contribution in [1.82, 2.24) is 29.9 Å². The van der Waals surface area contributed by atoms with Crippen LogP contribution >= 0.6 is 0 Å². The number of carbonyl (C=O) groups excluding carboxylic acids is 1. The van der Waals surface area contributed by atoms with Gasteiger partial charge in [-0.05, 0) is 46.5 Å². The Hall–Kier alpha value is -4.59. The van der Waals surface area contributed by atoms with E-state index >= 15 is 0 Å². The zero-order chi connectivity index (χ0) is 23.3. The molecule has 8 heteroatoms. The van der Waals surface area contributed by atoms with E-state index in [0.717, 1.165) is 23.2 Å². The summed E-state index contributed by atoms with van der Waals surface area (Å²) in [7, 11) is 0. The molecule has 0 saturated heterocycles. The van der Waals surface area contributed by atoms with E-state index < -0.39 is 0 Å². The number of nitrogens with one attached hydrogen (secondary N) is 1. The smallest absolute Gasteiger partial charge is 0.273 e. The summed E-state index contributed by atoms with van der Waals surface area (Å²) in [5.74, 6) is -0.674. The topological polar surface area (TPSA) is 77.6 Å². The molecule has 5 rings (SSSR count). The maximum absolute atomic E-state index is 13.1. The molecule has 5 aromatic rings. The Kier molecular flexibility index (Phi) is 5.94. The number of imidazole rings is 1. The molecule has 3 aromatic carbocycles. The van der Waals surface area contributed by atoms with Gasteiger partial charge in [0, 0.05) is 25.5 Å². The van der Waals surface area contributed by atoms with Crippen molar-refractivity contribution in [2.45, 2.75) is 13.1 Å². The van der Waals surface area contributed by atoms with Crippen LogP contribution in [0.2, 0.25) is 0 Å². The Morgan fingerprint density at radius 3 is 2.53 bits per heavy atom. The molecule has 0 saturated carbocycles. The highest BCUT2D eigenvalue weighted by molar-refractivity contribution is 5.92. The first-order valence-corrected chi connectivity index (χ1v) is 10.8. The van der Waals surface area contributed by atoms with Gasteiger partial charge in [0.05, 0.1) is 18.2 Å². The zero-order valence-corrected chi connectivity index (χ0v) is 18.2. The summed E-state index contributed by atoms with van der Waals surface area (Å²) in [4.78, 5) is 16.7. The van der Waals surface area contributed by atoms with Crippen LogP contribution in [0.5, 0.6) is 0 Å². The summed E-state index contributed by atoms with van der Waals surface area (Å²) in [6, 6.07) is 22.1. The van der Waals surface area contributed by atoms with Crippen LogP contribution in [0.25, 0.3) is 16.8 Å². The number of rotatable bonds is 7. The Morgan fingerprint density at radius 1 is 0.971 bits per heavy atom. The van der Waals surface area contributed by atoms with Gasteiger partial charge in [0.25, 0.3) is 5.91 Å². The number of benzene rings is 3. The molecule has 2 heterocycles. The molecule has 0 spiro atoms. The maximum atomic E-state index is 13.1. The molecular weight excluding hydrogens is 431 g/mol. The van der Waals surface area contributed by atoms with E-state index in [1.807, 2.05) is 35.0 Å². The fourth-order valence-corrected chi connectivity index (χ4v) is 3.69. The van der Waals surface area contributed by atoms with Gasteiger partial charge in [-0.1, -0.05) is 53.7 Å². The second kappa shape index (κ2) is 9.50. The lowest BCUT2D eigenvalue weighted by atomic mass is 9.98. The zero-order valence-electron chi connectivity index (χ0n) is 18.2. The molecule has 0 aliphatic carbocycles. The van der Waals surface area contributed by atoms with Crippen LogP contribution in [0.3, 0.4) is 0 Å². The Morgan fingerprint density at radius 2 is 1.76 bits per heavy atom. The summed E-state index contributed by atoms with van der Waals surface area (Å²) in [6.45, 7) is 1.10. The van der Waals surface area contributed by atoms with E-state index in [2.05, 4.69) is 44.9 Å². The monoisotopic (exact) mass is 452 g/mol. The normalized spacial score (nSPS) is 10.9. The minimum Gasteiger partial charge on any atom is -0.346 e. The largest absolute Gasteiger partial charge is 0.346 e. The van der Waals surface area contributed by atoms with Crippen LogP contribution in [0.15, 0.2) is 97.7 Å². The highest BCUT2D eigenvalue weighted by Crippen LogP contribution is 2.24. The third-order valence-electron chi connectivity index (χ3n) is 5.46. The van der Waals surface area contributed by atoms with E-state index in [0.29, 0.717) is 12.2 Å². The second-order valence-corrected chi connectivity index (χ2v) is 7.80. The highest BCUT2D eigenvalue weighted by Gasteiger charge is 2.13. The van der Waals surface area contributed by atoms with Crippen LogP contribution in [-0.2, 0) is 13.1 Å². The first-order valence-electron chi connectivity index (χ1n) is 10.8. The van der Waals surface area contributed by atoms with Gasteiger partial charge in [-0.2, -0.15) is 0 Å². The van der Waals surface area contributed by atoms with Crippen LogP contribution in [-0.4, -0.2) is 30.5 Å². The average molecular weight is 452 g/mol. The van der Waals surface area contributed by atoms with Crippen molar-refractivity contribution in [2.75, 3.05) is 0 Å². The van der Waals surface area contributed by atoms with Gasteiger partial charge in [0.15, 0.2) is 5.69 Å². The molecule has 0 atom stereocenters. The minimum atomic E-state index is -0.340. The Balaban J connectivity index is 1.27. The quantitative estimate of drug-likeness (QED) is 0.401. The average Bonchev–Trinajstić information content (AvgIpc) is 3.57. The molecule has 0 aliphatic heterocycles. The van der Waals surface area contributed by atoms with E-state index in [-0.39, 0.29) is 17.4 Å². The molecule has 1 N–H and O–H groups in total. The molecule has 0 bridgehead atoms. The predicted octanol–water partition coefficient (Wildman–Crippen LogP) is 4.25. The van der Waals surface area contributed by atoms with Crippen molar-refractivity contribution in [3.63, 3.8) is 0 Å². The van der Waals surface area contributed by atoms with Crippen molar-refractivity contribution in [1.29, 1.82) is 0 Å². The number of aromatic nitrogens is 5. The van der Waals surface area contributed by atoms with Gasteiger partial charge >= 0.3 is 0 Å². The summed E-state index contributed by atoms with van der Waals surface area (Å²) < 4.78 is 16.6. The van der Waals surface area contributed by atoms with Crippen LogP contribution in [0.1, 0.15) is 21.6 Å². The first kappa shape index (κ1) is 21.3. The maximum Gasteiger partial charge on any atom is 0.273 e.